The molecule has 1 unspecified atom stereocenters. The predicted molar refractivity (Wildman–Crippen MR) is 153 cm³/mol. The maximum atomic E-state index is 13.8. The van der Waals surface area contributed by atoms with E-state index in [-0.39, 0.29) is 33.8 Å². The van der Waals surface area contributed by atoms with Crippen molar-refractivity contribution >= 4 is 40.4 Å². The summed E-state index contributed by atoms with van der Waals surface area (Å²) in [5, 5.41) is 25.6. The van der Waals surface area contributed by atoms with E-state index in [9.17, 15) is 34.4 Å². The summed E-state index contributed by atoms with van der Waals surface area (Å²) in [4.78, 5) is 68.2. The number of aromatic nitrogens is 1. The molecule has 0 spiro atoms. The number of amides is 1. The zero-order valence-corrected chi connectivity index (χ0v) is 24.1. The summed E-state index contributed by atoms with van der Waals surface area (Å²) < 4.78 is 9.99. The normalized spacial score (nSPS) is 15.3. The Morgan fingerprint density at radius 2 is 1.56 bits per heavy atom. The minimum atomic E-state index is -1.72. The molecule has 13 nitrogen and oxygen atoms in total. The molecule has 0 saturated carbocycles. The first-order valence-electron chi connectivity index (χ1n) is 13.1. The number of allylic oxidation sites excluding steroid dienone is 2. The number of nitrogens with one attached hydrogen (secondary N) is 2. The Hall–Kier alpha value is -5.30. The van der Waals surface area contributed by atoms with Crippen LogP contribution in [0.5, 0.6) is 0 Å². The SMILES string of the molecule is COC(=O)C1=C(C)N(C(=O)CNC(C)(C(=O)O)c2c[nH]c3ccccc23)C(C)=C(C(=O)OC)C1c1ccccc1[N+](=O)[O-]. The average molecular weight is 591 g/mol. The Labute approximate surface area is 245 Å². The van der Waals surface area contributed by atoms with E-state index < -0.39 is 46.7 Å². The Balaban J connectivity index is 1.83. The van der Waals surface area contributed by atoms with Gasteiger partial charge in [0.05, 0.1) is 42.8 Å². The Morgan fingerprint density at radius 1 is 1.00 bits per heavy atom. The molecule has 0 aliphatic carbocycles. The highest BCUT2D eigenvalue weighted by atomic mass is 16.6. The van der Waals surface area contributed by atoms with Gasteiger partial charge in [-0.2, -0.15) is 0 Å². The monoisotopic (exact) mass is 590 g/mol. The van der Waals surface area contributed by atoms with Crippen LogP contribution in [0.1, 0.15) is 37.8 Å². The van der Waals surface area contributed by atoms with E-state index in [1.807, 2.05) is 0 Å². The second-order valence-corrected chi connectivity index (χ2v) is 9.99. The fraction of sp³-hybridized carbons (Fsp3) is 0.267. The van der Waals surface area contributed by atoms with E-state index in [1.165, 1.54) is 45.0 Å². The van der Waals surface area contributed by atoms with E-state index in [0.717, 1.165) is 19.1 Å². The molecule has 3 aromatic rings. The summed E-state index contributed by atoms with van der Waals surface area (Å²) in [5.41, 5.74) is -1.22. The molecule has 4 rings (SSSR count). The van der Waals surface area contributed by atoms with Crippen LogP contribution in [0.3, 0.4) is 0 Å². The zero-order chi connectivity index (χ0) is 31.6. The number of benzene rings is 2. The molecule has 2 heterocycles. The number of aliphatic carboxylic acids is 1. The summed E-state index contributed by atoms with van der Waals surface area (Å²) in [6, 6.07) is 12.7. The number of nitro benzene ring substituents is 1. The predicted octanol–water partition coefficient (Wildman–Crippen LogP) is 3.49. The Morgan fingerprint density at radius 3 is 2.12 bits per heavy atom. The van der Waals surface area contributed by atoms with E-state index in [1.54, 1.807) is 30.5 Å². The lowest BCUT2D eigenvalue weighted by Crippen LogP contribution is -2.51. The number of ether oxygens (including phenoxy) is 2. The van der Waals surface area contributed by atoms with Gasteiger partial charge >= 0.3 is 17.9 Å². The number of fused-ring (bicyclic) bond motifs is 1. The Bertz CT molecular complexity index is 1680. The van der Waals surface area contributed by atoms with Gasteiger partial charge in [0, 0.05) is 45.7 Å². The van der Waals surface area contributed by atoms with Gasteiger partial charge in [0.1, 0.15) is 5.54 Å². The standard InChI is InChI=1S/C30H30N4O9/c1-16-24(27(36)42-4)26(19-11-7-9-13-22(19)34(40)41)25(28(37)43-5)17(2)33(16)23(35)15-32-30(3,29(38)39)20-14-31-21-12-8-6-10-18(20)21/h6-14,26,31-32H,15H2,1-5H3,(H,38,39). The van der Waals surface area contributed by atoms with Gasteiger partial charge in [-0.1, -0.05) is 36.4 Å². The van der Waals surface area contributed by atoms with Crippen LogP contribution in [0.4, 0.5) is 5.69 Å². The number of methoxy groups -OCH3 is 2. The highest BCUT2D eigenvalue weighted by molar-refractivity contribution is 6.02. The van der Waals surface area contributed by atoms with Crippen LogP contribution < -0.4 is 5.32 Å². The number of hydrogen-bond donors (Lipinski definition) is 3. The molecule has 43 heavy (non-hydrogen) atoms. The topological polar surface area (TPSA) is 181 Å². The summed E-state index contributed by atoms with van der Waals surface area (Å²) in [6.45, 7) is 3.78. The van der Waals surface area contributed by atoms with Gasteiger partial charge in [-0.05, 0) is 26.8 Å². The molecule has 0 bridgehead atoms. The van der Waals surface area contributed by atoms with Crippen molar-refractivity contribution in [1.29, 1.82) is 0 Å². The van der Waals surface area contributed by atoms with E-state index in [4.69, 9.17) is 9.47 Å². The van der Waals surface area contributed by atoms with E-state index in [0.29, 0.717) is 16.5 Å². The molecule has 13 heteroatoms. The Kier molecular flexibility index (Phi) is 8.48. The smallest absolute Gasteiger partial charge is 0.336 e. The van der Waals surface area contributed by atoms with Gasteiger partial charge in [0.25, 0.3) is 5.69 Å². The van der Waals surface area contributed by atoms with E-state index in [2.05, 4.69) is 10.3 Å². The van der Waals surface area contributed by atoms with E-state index >= 15 is 0 Å². The number of aromatic amines is 1. The summed E-state index contributed by atoms with van der Waals surface area (Å²) in [7, 11) is 2.21. The van der Waals surface area contributed by atoms with Crippen molar-refractivity contribution in [2.24, 2.45) is 0 Å². The van der Waals surface area contributed by atoms with Crippen LogP contribution in [-0.2, 0) is 34.2 Å². The molecule has 1 aliphatic heterocycles. The van der Waals surface area contributed by atoms with Crippen LogP contribution in [-0.4, -0.2) is 64.5 Å². The fourth-order valence-electron chi connectivity index (χ4n) is 5.49. The van der Waals surface area contributed by atoms with Crippen molar-refractivity contribution in [2.75, 3.05) is 20.8 Å². The quantitative estimate of drug-likeness (QED) is 0.190. The molecule has 1 amide bonds. The van der Waals surface area contributed by atoms with Gasteiger partial charge in [0.2, 0.25) is 5.91 Å². The minimum Gasteiger partial charge on any atom is -0.480 e. The molecule has 3 N–H and O–H groups in total. The van der Waals surface area contributed by atoms with Crippen LogP contribution in [0.15, 0.2) is 77.3 Å². The lowest BCUT2D eigenvalue weighted by Gasteiger charge is -2.37. The molecule has 1 atom stereocenters. The van der Waals surface area contributed by atoms with Gasteiger partial charge < -0.3 is 19.6 Å². The number of para-hydroxylation sites is 2. The van der Waals surface area contributed by atoms with Gasteiger partial charge in [-0.25, -0.2) is 14.4 Å². The number of carboxylic acid groups (broad SMARTS) is 1. The van der Waals surface area contributed by atoms with Crippen molar-refractivity contribution in [3.05, 3.63) is 98.5 Å². The largest absolute Gasteiger partial charge is 0.480 e. The first kappa shape index (κ1) is 30.7. The maximum Gasteiger partial charge on any atom is 0.336 e. The molecule has 0 saturated heterocycles. The number of nitrogens with zero attached hydrogens (tertiary/aromatic N) is 2. The number of rotatable bonds is 9. The molecule has 1 aliphatic rings. The summed E-state index contributed by atoms with van der Waals surface area (Å²) in [6.07, 6.45) is 1.55. The van der Waals surface area contributed by atoms with Crippen LogP contribution in [0.25, 0.3) is 10.9 Å². The zero-order valence-electron chi connectivity index (χ0n) is 24.1. The third-order valence-electron chi connectivity index (χ3n) is 7.68. The highest BCUT2D eigenvalue weighted by Crippen LogP contribution is 2.45. The maximum absolute atomic E-state index is 13.8. The van der Waals surface area contributed by atoms with Crippen LogP contribution in [0, 0.1) is 10.1 Å². The first-order valence-corrected chi connectivity index (χ1v) is 13.1. The minimum absolute atomic E-state index is 0.0232. The number of carboxylic acids is 1. The van der Waals surface area contributed by atoms with Crippen molar-refractivity contribution < 1.29 is 38.7 Å². The molecule has 224 valence electrons. The van der Waals surface area contributed by atoms with Gasteiger partial charge in [-0.3, -0.25) is 25.1 Å². The molecule has 1 aromatic heterocycles. The lowest BCUT2D eigenvalue weighted by molar-refractivity contribution is -0.385. The third kappa shape index (κ3) is 5.26. The molecular formula is C30H30N4O9. The average Bonchev–Trinajstić information content (AvgIpc) is 3.43. The van der Waals surface area contributed by atoms with Crippen molar-refractivity contribution in [1.82, 2.24) is 15.2 Å². The number of esters is 2. The van der Waals surface area contributed by atoms with Crippen LogP contribution >= 0.6 is 0 Å². The lowest BCUT2D eigenvalue weighted by atomic mass is 9.79. The summed E-state index contributed by atoms with van der Waals surface area (Å²) in [5.74, 6) is -5.09. The number of nitro groups is 1. The molecule has 0 radical (unpaired) electrons. The van der Waals surface area contributed by atoms with Gasteiger partial charge in [0.15, 0.2) is 0 Å². The number of hydrogen-bond acceptors (Lipinski definition) is 9. The molecular weight excluding hydrogens is 560 g/mol. The fourth-order valence-corrected chi connectivity index (χ4v) is 5.49. The van der Waals surface area contributed by atoms with Crippen molar-refractivity contribution in [2.45, 2.75) is 32.2 Å². The molecule has 0 fully saturated rings. The number of carbonyl (C=O) groups excluding carboxylic acids is 3. The molecule has 2 aromatic carbocycles. The second kappa shape index (κ2) is 11.9. The van der Waals surface area contributed by atoms with Crippen molar-refractivity contribution in [3.8, 4) is 0 Å². The first-order chi connectivity index (χ1) is 20.4. The third-order valence-corrected chi connectivity index (χ3v) is 7.68. The highest BCUT2D eigenvalue weighted by Gasteiger charge is 2.45. The summed E-state index contributed by atoms with van der Waals surface area (Å²) >= 11 is 0. The second-order valence-electron chi connectivity index (χ2n) is 9.99. The van der Waals surface area contributed by atoms with Gasteiger partial charge in [-0.15, -0.1) is 0 Å². The van der Waals surface area contributed by atoms with Crippen LogP contribution in [0.2, 0.25) is 0 Å². The van der Waals surface area contributed by atoms with Crippen molar-refractivity contribution in [3.63, 3.8) is 0 Å². The number of H-pyrrole nitrogens is 1. The number of carbonyl (C=O) groups is 4.